The van der Waals surface area contributed by atoms with Gasteiger partial charge in [0.2, 0.25) is 0 Å². The van der Waals surface area contributed by atoms with Crippen LogP contribution in [0.25, 0.3) is 11.3 Å². The van der Waals surface area contributed by atoms with Gasteiger partial charge in [-0.15, -0.1) is 11.3 Å². The van der Waals surface area contributed by atoms with Gasteiger partial charge in [0.25, 0.3) is 5.91 Å². The molecule has 0 unspecified atom stereocenters. The molecule has 23 heavy (non-hydrogen) atoms. The third-order valence-electron chi connectivity index (χ3n) is 3.02. The van der Waals surface area contributed by atoms with Crippen LogP contribution in [0, 0.1) is 0 Å². The van der Waals surface area contributed by atoms with Gasteiger partial charge < -0.3 is 0 Å². The molecule has 1 aromatic heterocycles. The summed E-state index contributed by atoms with van der Waals surface area (Å²) in [6.07, 6.45) is 0. The van der Waals surface area contributed by atoms with Crippen molar-refractivity contribution >= 4 is 61.5 Å². The quantitative estimate of drug-likeness (QED) is 0.546. The van der Waals surface area contributed by atoms with Gasteiger partial charge in [-0.3, -0.25) is 10.1 Å². The number of thiazole rings is 1. The molecule has 0 aliphatic heterocycles. The van der Waals surface area contributed by atoms with Crippen LogP contribution in [0.15, 0.2) is 52.3 Å². The number of aromatic nitrogens is 1. The molecule has 0 fully saturated rings. The van der Waals surface area contributed by atoms with Crippen LogP contribution < -0.4 is 5.32 Å². The highest BCUT2D eigenvalue weighted by atomic mass is 79.9. The van der Waals surface area contributed by atoms with Crippen LogP contribution in [0.4, 0.5) is 5.13 Å². The molecule has 0 aliphatic carbocycles. The van der Waals surface area contributed by atoms with Gasteiger partial charge in [0.1, 0.15) is 0 Å². The Morgan fingerprint density at radius 3 is 2.74 bits per heavy atom. The minimum atomic E-state index is -0.214. The second-order valence-electron chi connectivity index (χ2n) is 4.63. The molecule has 3 nitrogen and oxygen atoms in total. The third kappa shape index (κ3) is 3.93. The summed E-state index contributed by atoms with van der Waals surface area (Å²) in [7, 11) is 0. The van der Waals surface area contributed by atoms with E-state index >= 15 is 0 Å². The molecule has 3 aromatic rings. The van der Waals surface area contributed by atoms with Gasteiger partial charge >= 0.3 is 0 Å². The van der Waals surface area contributed by atoms with E-state index in [-0.39, 0.29) is 5.91 Å². The number of amides is 1. The van der Waals surface area contributed by atoms with Crippen molar-refractivity contribution in [1.29, 1.82) is 0 Å². The van der Waals surface area contributed by atoms with Crippen molar-refractivity contribution in [3.05, 3.63) is 67.9 Å². The van der Waals surface area contributed by atoms with Crippen LogP contribution in [0.1, 0.15) is 10.4 Å². The number of carbonyl (C=O) groups is 1. The van der Waals surface area contributed by atoms with Crippen molar-refractivity contribution in [2.24, 2.45) is 0 Å². The Kier molecular flexibility index (Phi) is 5.02. The second kappa shape index (κ2) is 7.01. The van der Waals surface area contributed by atoms with Gasteiger partial charge in [-0.05, 0) is 36.4 Å². The average Bonchev–Trinajstić information content (AvgIpc) is 2.95. The maximum absolute atomic E-state index is 12.2. The maximum atomic E-state index is 12.2. The molecule has 0 saturated heterocycles. The summed E-state index contributed by atoms with van der Waals surface area (Å²) in [6.45, 7) is 0. The number of nitrogens with one attached hydrogen (secondary N) is 1. The van der Waals surface area contributed by atoms with Gasteiger partial charge in [-0.25, -0.2) is 4.98 Å². The highest BCUT2D eigenvalue weighted by Gasteiger charge is 2.12. The molecule has 1 heterocycles. The molecule has 0 spiro atoms. The van der Waals surface area contributed by atoms with Gasteiger partial charge in [0, 0.05) is 26.0 Å². The summed E-state index contributed by atoms with van der Waals surface area (Å²) in [5.41, 5.74) is 2.03. The zero-order chi connectivity index (χ0) is 16.4. The van der Waals surface area contributed by atoms with E-state index in [0.717, 1.165) is 10.0 Å². The van der Waals surface area contributed by atoms with Crippen molar-refractivity contribution in [2.75, 3.05) is 5.32 Å². The lowest BCUT2D eigenvalue weighted by Crippen LogP contribution is -2.11. The lowest BCUT2D eigenvalue weighted by molar-refractivity contribution is 0.102. The summed E-state index contributed by atoms with van der Waals surface area (Å²) in [5, 5.41) is 6.22. The molecular formula is C16H9BrCl2N2OS. The van der Waals surface area contributed by atoms with Gasteiger partial charge in [-0.1, -0.05) is 45.2 Å². The number of rotatable bonds is 3. The van der Waals surface area contributed by atoms with Crippen LogP contribution in [0.5, 0.6) is 0 Å². The van der Waals surface area contributed by atoms with Crippen molar-refractivity contribution in [3.63, 3.8) is 0 Å². The first-order chi connectivity index (χ1) is 11.0. The largest absolute Gasteiger partial charge is 0.298 e. The van der Waals surface area contributed by atoms with Crippen LogP contribution in [0.2, 0.25) is 10.0 Å². The zero-order valence-electron chi connectivity index (χ0n) is 11.5. The molecule has 1 amide bonds. The zero-order valence-corrected chi connectivity index (χ0v) is 15.4. The summed E-state index contributed by atoms with van der Waals surface area (Å²) in [6, 6.07) is 12.4. The van der Waals surface area contributed by atoms with Crippen LogP contribution in [0.3, 0.4) is 0 Å². The fourth-order valence-corrected chi connectivity index (χ4v) is 3.56. The molecule has 0 bridgehead atoms. The number of halogens is 3. The molecule has 7 heteroatoms. The predicted octanol–water partition coefficient (Wildman–Crippen LogP) is 6.13. The second-order valence-corrected chi connectivity index (χ2v) is 7.24. The van der Waals surface area contributed by atoms with Crippen molar-refractivity contribution in [3.8, 4) is 11.3 Å². The van der Waals surface area contributed by atoms with E-state index in [9.17, 15) is 4.79 Å². The van der Waals surface area contributed by atoms with Gasteiger partial charge in [0.05, 0.1) is 10.7 Å². The van der Waals surface area contributed by atoms with Gasteiger partial charge in [-0.2, -0.15) is 0 Å². The fraction of sp³-hybridized carbons (Fsp3) is 0. The topological polar surface area (TPSA) is 42.0 Å². The molecule has 116 valence electrons. The molecule has 3 rings (SSSR count). The number of hydrogen-bond acceptors (Lipinski definition) is 3. The van der Waals surface area contributed by atoms with Crippen molar-refractivity contribution in [1.82, 2.24) is 4.98 Å². The Bertz CT molecular complexity index is 882. The molecule has 0 atom stereocenters. The summed E-state index contributed by atoms with van der Waals surface area (Å²) >= 11 is 16.8. The molecule has 1 N–H and O–H groups in total. The Morgan fingerprint density at radius 2 is 2.00 bits per heavy atom. The Balaban J connectivity index is 1.81. The van der Waals surface area contributed by atoms with E-state index in [1.165, 1.54) is 11.3 Å². The minimum absolute atomic E-state index is 0.214. The lowest BCUT2D eigenvalue weighted by Gasteiger charge is -2.03. The average molecular weight is 428 g/mol. The van der Waals surface area contributed by atoms with E-state index in [4.69, 9.17) is 23.2 Å². The summed E-state index contributed by atoms with van der Waals surface area (Å²) in [4.78, 5) is 16.6. The lowest BCUT2D eigenvalue weighted by atomic mass is 10.2. The monoisotopic (exact) mass is 426 g/mol. The summed E-state index contributed by atoms with van der Waals surface area (Å²) < 4.78 is 0.845. The fourth-order valence-electron chi connectivity index (χ4n) is 1.95. The van der Waals surface area contributed by atoms with E-state index in [0.29, 0.717) is 26.4 Å². The maximum Gasteiger partial charge on any atom is 0.257 e. The SMILES string of the molecule is O=C(Nc1nc(-c2ccc(Cl)cc2Cl)cs1)c1cccc(Br)c1. The van der Waals surface area contributed by atoms with Gasteiger partial charge in [0.15, 0.2) is 5.13 Å². The highest BCUT2D eigenvalue weighted by Crippen LogP contribution is 2.32. The predicted molar refractivity (Wildman–Crippen MR) is 99.7 cm³/mol. The Labute approximate surface area is 155 Å². The number of benzene rings is 2. The standard InChI is InChI=1S/C16H9BrCl2N2OS/c17-10-3-1-2-9(6-10)15(22)21-16-20-14(8-23-16)12-5-4-11(18)7-13(12)19/h1-8H,(H,20,21,22). The molecule has 2 aromatic carbocycles. The minimum Gasteiger partial charge on any atom is -0.298 e. The first-order valence-corrected chi connectivity index (χ1v) is 8.93. The van der Waals surface area contributed by atoms with Crippen LogP contribution >= 0.6 is 50.5 Å². The van der Waals surface area contributed by atoms with Crippen molar-refractivity contribution < 1.29 is 4.79 Å². The Morgan fingerprint density at radius 1 is 1.17 bits per heavy atom. The van der Waals surface area contributed by atoms with E-state index in [1.807, 2.05) is 11.4 Å². The number of anilines is 1. The third-order valence-corrected chi connectivity index (χ3v) is 4.82. The number of nitrogens with zero attached hydrogens (tertiary/aromatic N) is 1. The first kappa shape index (κ1) is 16.5. The molecule has 0 aliphatic rings. The van der Waals surface area contributed by atoms with Crippen LogP contribution in [-0.4, -0.2) is 10.9 Å². The molecule has 0 saturated carbocycles. The molecule has 0 radical (unpaired) electrons. The normalized spacial score (nSPS) is 10.6. The molecular weight excluding hydrogens is 419 g/mol. The first-order valence-electron chi connectivity index (χ1n) is 6.51. The van der Waals surface area contributed by atoms with Crippen molar-refractivity contribution in [2.45, 2.75) is 0 Å². The van der Waals surface area contributed by atoms with E-state index in [2.05, 4.69) is 26.2 Å². The van der Waals surface area contributed by atoms with E-state index in [1.54, 1.807) is 36.4 Å². The highest BCUT2D eigenvalue weighted by molar-refractivity contribution is 9.10. The van der Waals surface area contributed by atoms with Crippen LogP contribution in [-0.2, 0) is 0 Å². The number of hydrogen-bond donors (Lipinski definition) is 1. The van der Waals surface area contributed by atoms with E-state index < -0.39 is 0 Å². The Hall–Kier alpha value is -1.40. The number of carbonyl (C=O) groups excluding carboxylic acids is 1. The summed E-state index contributed by atoms with van der Waals surface area (Å²) in [5.74, 6) is -0.214. The smallest absolute Gasteiger partial charge is 0.257 e.